The van der Waals surface area contributed by atoms with E-state index in [1.54, 1.807) is 30.5 Å². The van der Waals surface area contributed by atoms with E-state index in [1.807, 2.05) is 48.5 Å². The van der Waals surface area contributed by atoms with Gasteiger partial charge in [-0.25, -0.2) is 0 Å². The molecule has 3 aromatic carbocycles. The fourth-order valence-corrected chi connectivity index (χ4v) is 5.09. The van der Waals surface area contributed by atoms with E-state index in [0.717, 1.165) is 29.7 Å². The van der Waals surface area contributed by atoms with Crippen LogP contribution in [-0.4, -0.2) is 34.9 Å². The highest BCUT2D eigenvalue weighted by Gasteiger charge is 2.47. The van der Waals surface area contributed by atoms with Crippen molar-refractivity contribution >= 4 is 51.3 Å². The van der Waals surface area contributed by atoms with Gasteiger partial charge in [-0.05, 0) is 55.8 Å². The van der Waals surface area contributed by atoms with Crippen LogP contribution < -0.4 is 9.80 Å². The number of nitrogens with zero attached hydrogens (tertiary/aromatic N) is 2. The van der Waals surface area contributed by atoms with Crippen molar-refractivity contribution in [3.63, 3.8) is 0 Å². The Labute approximate surface area is 214 Å². The van der Waals surface area contributed by atoms with Gasteiger partial charge in [0.05, 0.1) is 11.6 Å². The number of Topliss-reactive ketones (excluding diaryl/α,β-unsaturated/α-hetero) is 1. The first-order valence-electron chi connectivity index (χ1n) is 11.9. The standard InChI is InChI=1S/C29H26ClN3O3/c1-3-32(4-2)20-14-12-18(13-15-20)26-25(27(34)23-17-31-24-11-6-5-10-22(23)24)28(35)29(36)33(26)21-9-7-8-19(30)16-21/h5-17,26,31,34H,3-4H2,1-2H3/b27-25-. The zero-order valence-electron chi connectivity index (χ0n) is 20.0. The highest BCUT2D eigenvalue weighted by Crippen LogP contribution is 2.43. The SMILES string of the molecule is CCN(CC)c1ccc(C2/C(=C(/O)c3c[nH]c4ccccc34)C(=O)C(=O)N2c2cccc(Cl)c2)cc1. The molecule has 36 heavy (non-hydrogen) atoms. The molecule has 7 heteroatoms. The van der Waals surface area contributed by atoms with Crippen molar-refractivity contribution < 1.29 is 14.7 Å². The first-order valence-corrected chi connectivity index (χ1v) is 12.3. The molecule has 182 valence electrons. The summed E-state index contributed by atoms with van der Waals surface area (Å²) in [6, 6.07) is 21.3. The number of aliphatic hydroxyl groups is 1. The smallest absolute Gasteiger partial charge is 0.300 e. The van der Waals surface area contributed by atoms with Gasteiger partial charge in [-0.2, -0.15) is 0 Å². The van der Waals surface area contributed by atoms with Crippen LogP contribution in [-0.2, 0) is 9.59 Å². The van der Waals surface area contributed by atoms with Gasteiger partial charge in [-0.1, -0.05) is 48.0 Å². The second kappa shape index (κ2) is 9.55. The topological polar surface area (TPSA) is 76.6 Å². The first kappa shape index (κ1) is 23.7. The molecule has 6 nitrogen and oxygen atoms in total. The van der Waals surface area contributed by atoms with Crippen LogP contribution in [0.15, 0.2) is 84.6 Å². The van der Waals surface area contributed by atoms with E-state index in [0.29, 0.717) is 21.8 Å². The zero-order chi connectivity index (χ0) is 25.4. The number of aliphatic hydroxyl groups excluding tert-OH is 1. The Bertz CT molecular complexity index is 1490. The van der Waals surface area contributed by atoms with Crippen LogP contribution in [0.25, 0.3) is 16.7 Å². The van der Waals surface area contributed by atoms with Crippen LogP contribution in [0.5, 0.6) is 0 Å². The average molecular weight is 500 g/mol. The molecule has 1 unspecified atom stereocenters. The number of hydrogen-bond donors (Lipinski definition) is 2. The van der Waals surface area contributed by atoms with Gasteiger partial charge in [0.25, 0.3) is 11.7 Å². The number of benzene rings is 3. The Kier molecular flexibility index (Phi) is 6.29. The summed E-state index contributed by atoms with van der Waals surface area (Å²) >= 11 is 6.24. The molecule has 1 aliphatic heterocycles. The van der Waals surface area contributed by atoms with Crippen molar-refractivity contribution in [1.29, 1.82) is 0 Å². The van der Waals surface area contributed by atoms with Gasteiger partial charge in [0.1, 0.15) is 5.76 Å². The van der Waals surface area contributed by atoms with Gasteiger partial charge in [-0.3, -0.25) is 14.5 Å². The molecule has 0 spiro atoms. The van der Waals surface area contributed by atoms with E-state index in [-0.39, 0.29) is 11.3 Å². The van der Waals surface area contributed by atoms with E-state index >= 15 is 0 Å². The average Bonchev–Trinajstić information content (AvgIpc) is 3.44. The van der Waals surface area contributed by atoms with Crippen molar-refractivity contribution in [1.82, 2.24) is 4.98 Å². The molecule has 5 rings (SSSR count). The quantitative estimate of drug-likeness (QED) is 0.185. The number of anilines is 2. The second-order valence-electron chi connectivity index (χ2n) is 8.66. The molecule has 2 N–H and O–H groups in total. The van der Waals surface area contributed by atoms with Crippen LogP contribution in [0.1, 0.15) is 31.0 Å². The van der Waals surface area contributed by atoms with Gasteiger partial charge < -0.3 is 15.0 Å². The first-order chi connectivity index (χ1) is 17.4. The van der Waals surface area contributed by atoms with E-state index in [1.165, 1.54) is 4.90 Å². The van der Waals surface area contributed by atoms with Gasteiger partial charge >= 0.3 is 0 Å². The van der Waals surface area contributed by atoms with Gasteiger partial charge in [0.15, 0.2) is 0 Å². The summed E-state index contributed by atoms with van der Waals surface area (Å²) in [5, 5.41) is 12.7. The van der Waals surface area contributed by atoms with E-state index < -0.39 is 17.7 Å². The third kappa shape index (κ3) is 3.93. The number of para-hydroxylation sites is 1. The zero-order valence-corrected chi connectivity index (χ0v) is 20.8. The van der Waals surface area contributed by atoms with Crippen molar-refractivity contribution in [3.8, 4) is 0 Å². The molecule has 1 aliphatic rings. The molecule has 0 radical (unpaired) electrons. The Morgan fingerprint density at radius 2 is 1.72 bits per heavy atom. The number of carbonyl (C=O) groups excluding carboxylic acids is 2. The van der Waals surface area contributed by atoms with E-state index in [9.17, 15) is 14.7 Å². The fraction of sp³-hybridized carbons (Fsp3) is 0.172. The summed E-state index contributed by atoms with van der Waals surface area (Å²) in [6.45, 7) is 5.90. The van der Waals surface area contributed by atoms with Crippen molar-refractivity contribution in [2.45, 2.75) is 19.9 Å². The molecule has 2 heterocycles. The minimum atomic E-state index is -0.817. The third-order valence-corrected chi connectivity index (χ3v) is 6.95. The Morgan fingerprint density at radius 1 is 1.00 bits per heavy atom. The summed E-state index contributed by atoms with van der Waals surface area (Å²) in [6.07, 6.45) is 1.66. The second-order valence-corrected chi connectivity index (χ2v) is 9.10. The molecule has 1 atom stereocenters. The maximum Gasteiger partial charge on any atom is 0.300 e. The maximum absolute atomic E-state index is 13.4. The molecule has 0 saturated carbocycles. The Morgan fingerprint density at radius 3 is 2.42 bits per heavy atom. The Hall–Kier alpha value is -4.03. The monoisotopic (exact) mass is 499 g/mol. The van der Waals surface area contributed by atoms with Crippen molar-refractivity contribution in [2.75, 3.05) is 22.9 Å². The summed E-state index contributed by atoms with van der Waals surface area (Å²) in [5.74, 6) is -1.67. The molecule has 4 aromatic rings. The Balaban J connectivity index is 1.71. The summed E-state index contributed by atoms with van der Waals surface area (Å²) in [7, 11) is 0. The number of nitrogens with one attached hydrogen (secondary N) is 1. The number of amides is 1. The molecule has 1 amide bonds. The molecule has 0 bridgehead atoms. The number of carbonyl (C=O) groups is 2. The molecular formula is C29H26ClN3O3. The van der Waals surface area contributed by atoms with Crippen LogP contribution in [0, 0.1) is 0 Å². The van der Waals surface area contributed by atoms with Crippen LogP contribution in [0.4, 0.5) is 11.4 Å². The van der Waals surface area contributed by atoms with Gasteiger partial charge in [0, 0.05) is 52.2 Å². The number of aromatic amines is 1. The van der Waals surface area contributed by atoms with E-state index in [2.05, 4.69) is 23.7 Å². The predicted molar refractivity (Wildman–Crippen MR) is 145 cm³/mol. The highest BCUT2D eigenvalue weighted by atomic mass is 35.5. The lowest BCUT2D eigenvalue weighted by atomic mass is 9.94. The molecule has 0 aliphatic carbocycles. The maximum atomic E-state index is 13.4. The normalized spacial score (nSPS) is 17.2. The van der Waals surface area contributed by atoms with Crippen molar-refractivity contribution in [3.05, 3.63) is 101 Å². The lowest BCUT2D eigenvalue weighted by Gasteiger charge is -2.27. The molecule has 1 saturated heterocycles. The molecule has 1 aromatic heterocycles. The van der Waals surface area contributed by atoms with Crippen LogP contribution in [0.2, 0.25) is 5.02 Å². The summed E-state index contributed by atoms with van der Waals surface area (Å²) in [4.78, 5) is 33.6. The van der Waals surface area contributed by atoms with E-state index in [4.69, 9.17) is 11.6 Å². The number of rotatable bonds is 6. The van der Waals surface area contributed by atoms with Gasteiger partial charge in [-0.15, -0.1) is 0 Å². The van der Waals surface area contributed by atoms with Crippen molar-refractivity contribution in [2.24, 2.45) is 0 Å². The summed E-state index contributed by atoms with van der Waals surface area (Å²) in [5.41, 5.74) is 3.58. The largest absolute Gasteiger partial charge is 0.507 e. The minimum Gasteiger partial charge on any atom is -0.507 e. The summed E-state index contributed by atoms with van der Waals surface area (Å²) < 4.78 is 0. The number of fused-ring (bicyclic) bond motifs is 1. The fourth-order valence-electron chi connectivity index (χ4n) is 4.91. The molecule has 1 fully saturated rings. The number of aromatic nitrogens is 1. The lowest BCUT2D eigenvalue weighted by molar-refractivity contribution is -0.132. The number of H-pyrrole nitrogens is 1. The molecular weight excluding hydrogens is 474 g/mol. The van der Waals surface area contributed by atoms with Gasteiger partial charge in [0.2, 0.25) is 0 Å². The lowest BCUT2D eigenvalue weighted by Crippen LogP contribution is -2.29. The number of hydrogen-bond acceptors (Lipinski definition) is 4. The highest BCUT2D eigenvalue weighted by molar-refractivity contribution is 6.52. The van der Waals surface area contributed by atoms with Crippen LogP contribution in [0.3, 0.4) is 0 Å². The number of ketones is 1. The van der Waals surface area contributed by atoms with Crippen LogP contribution >= 0.6 is 11.6 Å². The predicted octanol–water partition coefficient (Wildman–Crippen LogP) is 6.29. The number of halogens is 1. The third-order valence-electron chi connectivity index (χ3n) is 6.71. The minimum absolute atomic E-state index is 0.0420.